The van der Waals surface area contributed by atoms with Crippen molar-refractivity contribution in [1.29, 1.82) is 0 Å². The Balaban J connectivity index is 3.60. The fraction of sp³-hybridized carbons (Fsp3) is 1.00. The fourth-order valence-corrected chi connectivity index (χ4v) is 1.39. The molecule has 0 aromatic carbocycles. The van der Waals surface area contributed by atoms with Gasteiger partial charge in [0.2, 0.25) is 0 Å². The van der Waals surface area contributed by atoms with Crippen molar-refractivity contribution in [2.24, 2.45) is 11.8 Å². The van der Waals surface area contributed by atoms with Gasteiger partial charge < -0.3 is 0 Å². The van der Waals surface area contributed by atoms with E-state index in [1.54, 1.807) is 0 Å². The molecule has 0 saturated carbocycles. The first-order valence-electron chi connectivity index (χ1n) is 7.61. The smallest absolute Gasteiger partial charge is 0.0952 e. The molecular formula is C16H34O4. The van der Waals surface area contributed by atoms with Crippen LogP contribution in [-0.4, -0.2) is 24.4 Å². The second kappa shape index (κ2) is 8.98. The Labute approximate surface area is 125 Å². The maximum Gasteiger partial charge on any atom is 0.0952 e. The van der Waals surface area contributed by atoms with Crippen LogP contribution in [-0.2, 0) is 19.6 Å². The van der Waals surface area contributed by atoms with E-state index < -0.39 is 0 Å². The predicted molar refractivity (Wildman–Crippen MR) is 81.1 cm³/mol. The summed E-state index contributed by atoms with van der Waals surface area (Å²) in [5, 5.41) is 0. The normalized spacial score (nSPS) is 16.2. The molecule has 0 bridgehead atoms. The van der Waals surface area contributed by atoms with Gasteiger partial charge in [-0.25, -0.2) is 19.6 Å². The Kier molecular flexibility index (Phi) is 8.91. The van der Waals surface area contributed by atoms with Crippen LogP contribution >= 0.6 is 0 Å². The van der Waals surface area contributed by atoms with E-state index in [1.807, 2.05) is 41.5 Å². The van der Waals surface area contributed by atoms with Crippen LogP contribution in [0.3, 0.4) is 0 Å². The quantitative estimate of drug-likeness (QED) is 0.462. The summed E-state index contributed by atoms with van der Waals surface area (Å²) in [6, 6.07) is 0. The first-order chi connectivity index (χ1) is 8.99. The second-order valence-corrected chi connectivity index (χ2v) is 7.75. The van der Waals surface area contributed by atoms with Crippen LogP contribution in [0.4, 0.5) is 0 Å². The lowest BCUT2D eigenvalue weighted by Gasteiger charge is -2.21. The molecule has 0 aliphatic heterocycles. The Bertz CT molecular complexity index is 214. The van der Waals surface area contributed by atoms with Gasteiger partial charge in [-0.1, -0.05) is 13.8 Å². The molecule has 1 unspecified atom stereocenters. The summed E-state index contributed by atoms with van der Waals surface area (Å²) in [5.41, 5.74) is -0.490. The molecule has 122 valence electrons. The highest BCUT2D eigenvalue weighted by Gasteiger charge is 2.15. The van der Waals surface area contributed by atoms with E-state index in [2.05, 4.69) is 13.8 Å². The predicted octanol–water partition coefficient (Wildman–Crippen LogP) is 4.53. The highest BCUT2D eigenvalue weighted by molar-refractivity contribution is 4.58. The van der Waals surface area contributed by atoms with Crippen LogP contribution in [0.2, 0.25) is 0 Å². The molecule has 20 heavy (non-hydrogen) atoms. The van der Waals surface area contributed by atoms with E-state index >= 15 is 0 Å². The van der Waals surface area contributed by atoms with Crippen molar-refractivity contribution in [3.05, 3.63) is 0 Å². The first kappa shape index (κ1) is 19.8. The third-order valence-corrected chi connectivity index (χ3v) is 2.48. The molecule has 0 spiro atoms. The standard InChI is InChI=1S/C16H34O4/c1-13(11-17-19-15(3,4)5)9-10-14(2)12-18-20-16(6,7)8/h13-14H,9-12H2,1-8H3/t13-,14?/m0/s1. The lowest BCUT2D eigenvalue weighted by Crippen LogP contribution is -2.22. The zero-order valence-corrected chi connectivity index (χ0v) is 14.6. The molecule has 2 atom stereocenters. The zero-order valence-electron chi connectivity index (χ0n) is 14.6. The van der Waals surface area contributed by atoms with Crippen LogP contribution in [0.15, 0.2) is 0 Å². The average Bonchev–Trinajstić information content (AvgIpc) is 2.22. The zero-order chi connectivity index (χ0) is 15.8. The van der Waals surface area contributed by atoms with Crippen molar-refractivity contribution in [2.75, 3.05) is 13.2 Å². The molecule has 0 aromatic heterocycles. The van der Waals surface area contributed by atoms with Gasteiger partial charge in [-0.2, -0.15) is 0 Å². The molecule has 0 aliphatic rings. The average molecular weight is 290 g/mol. The van der Waals surface area contributed by atoms with Gasteiger partial charge in [0, 0.05) is 0 Å². The molecule has 0 heterocycles. The molecule has 0 N–H and O–H groups in total. The van der Waals surface area contributed by atoms with E-state index in [9.17, 15) is 0 Å². The van der Waals surface area contributed by atoms with Gasteiger partial charge in [-0.3, -0.25) is 0 Å². The highest BCUT2D eigenvalue weighted by Crippen LogP contribution is 2.16. The van der Waals surface area contributed by atoms with Gasteiger partial charge in [0.05, 0.1) is 24.4 Å². The van der Waals surface area contributed by atoms with Gasteiger partial charge in [0.25, 0.3) is 0 Å². The van der Waals surface area contributed by atoms with E-state index in [1.165, 1.54) is 0 Å². The van der Waals surface area contributed by atoms with Crippen LogP contribution in [0, 0.1) is 11.8 Å². The molecule has 0 amide bonds. The maximum atomic E-state index is 5.26. The minimum Gasteiger partial charge on any atom is -0.236 e. The number of hydrogen-bond donors (Lipinski definition) is 0. The van der Waals surface area contributed by atoms with Crippen molar-refractivity contribution < 1.29 is 19.6 Å². The Hall–Kier alpha value is -0.160. The Morgan fingerprint density at radius 1 is 0.650 bits per heavy atom. The molecule has 0 radical (unpaired) electrons. The summed E-state index contributed by atoms with van der Waals surface area (Å²) in [7, 11) is 0. The summed E-state index contributed by atoms with van der Waals surface area (Å²) >= 11 is 0. The lowest BCUT2D eigenvalue weighted by molar-refractivity contribution is -0.355. The molecule has 0 saturated heterocycles. The highest BCUT2D eigenvalue weighted by atomic mass is 17.2. The third-order valence-electron chi connectivity index (χ3n) is 2.48. The summed E-state index contributed by atoms with van der Waals surface area (Å²) in [6.45, 7) is 17.5. The third kappa shape index (κ3) is 14.3. The molecule has 4 nitrogen and oxygen atoms in total. The van der Waals surface area contributed by atoms with E-state index in [-0.39, 0.29) is 11.2 Å². The van der Waals surface area contributed by atoms with E-state index in [0.29, 0.717) is 25.0 Å². The van der Waals surface area contributed by atoms with Gasteiger partial charge in [-0.15, -0.1) is 0 Å². The summed E-state index contributed by atoms with van der Waals surface area (Å²) in [5.74, 6) is 0.951. The van der Waals surface area contributed by atoms with Crippen LogP contribution < -0.4 is 0 Å². The molecule has 0 rings (SSSR count). The fourth-order valence-electron chi connectivity index (χ4n) is 1.39. The summed E-state index contributed by atoms with van der Waals surface area (Å²) < 4.78 is 0. The van der Waals surface area contributed by atoms with Gasteiger partial charge in [0.15, 0.2) is 0 Å². The number of hydrogen-bond acceptors (Lipinski definition) is 4. The summed E-state index contributed by atoms with van der Waals surface area (Å²) in [4.78, 5) is 21.1. The lowest BCUT2D eigenvalue weighted by atomic mass is 9.99. The minimum atomic E-state index is -0.245. The number of rotatable bonds is 9. The summed E-state index contributed by atoms with van der Waals surface area (Å²) in [6.07, 6.45) is 2.18. The van der Waals surface area contributed by atoms with Crippen molar-refractivity contribution in [3.8, 4) is 0 Å². The van der Waals surface area contributed by atoms with E-state index in [4.69, 9.17) is 19.6 Å². The molecule has 4 heteroatoms. The topological polar surface area (TPSA) is 36.9 Å². The maximum absolute atomic E-state index is 5.26. The SMILES string of the molecule is CC(CC[C@H](C)COOC(C)(C)C)COOC(C)(C)C. The van der Waals surface area contributed by atoms with Crippen molar-refractivity contribution >= 4 is 0 Å². The Morgan fingerprint density at radius 2 is 0.950 bits per heavy atom. The van der Waals surface area contributed by atoms with Crippen LogP contribution in [0.25, 0.3) is 0 Å². The molecule has 0 aliphatic carbocycles. The van der Waals surface area contributed by atoms with Gasteiger partial charge >= 0.3 is 0 Å². The van der Waals surface area contributed by atoms with Crippen molar-refractivity contribution in [3.63, 3.8) is 0 Å². The molecule has 0 aromatic rings. The monoisotopic (exact) mass is 290 g/mol. The minimum absolute atomic E-state index is 0.245. The van der Waals surface area contributed by atoms with Gasteiger partial charge in [-0.05, 0) is 66.2 Å². The molecular weight excluding hydrogens is 256 g/mol. The van der Waals surface area contributed by atoms with Crippen LogP contribution in [0.1, 0.15) is 68.2 Å². The largest absolute Gasteiger partial charge is 0.236 e. The first-order valence-corrected chi connectivity index (χ1v) is 7.61. The van der Waals surface area contributed by atoms with Crippen molar-refractivity contribution in [2.45, 2.75) is 79.4 Å². The Morgan fingerprint density at radius 3 is 1.20 bits per heavy atom. The van der Waals surface area contributed by atoms with E-state index in [0.717, 1.165) is 12.8 Å². The van der Waals surface area contributed by atoms with Crippen molar-refractivity contribution in [1.82, 2.24) is 0 Å². The molecule has 0 fully saturated rings. The van der Waals surface area contributed by atoms with Crippen LogP contribution in [0.5, 0.6) is 0 Å². The van der Waals surface area contributed by atoms with Gasteiger partial charge in [0.1, 0.15) is 0 Å². The second-order valence-electron chi connectivity index (χ2n) is 7.75.